The molecule has 1 aromatic carbocycles. The van der Waals surface area contributed by atoms with E-state index in [1.165, 1.54) is 0 Å². The van der Waals surface area contributed by atoms with Gasteiger partial charge in [0.1, 0.15) is 5.54 Å². The van der Waals surface area contributed by atoms with Gasteiger partial charge in [0.15, 0.2) is 0 Å². The van der Waals surface area contributed by atoms with E-state index < -0.39 is 5.54 Å². The minimum absolute atomic E-state index is 0.0330. The first kappa shape index (κ1) is 20.2. The molecule has 1 saturated heterocycles. The Hall–Kier alpha value is -2.08. The number of carbonyl (C=O) groups excluding carboxylic acids is 2. The molecule has 0 atom stereocenters. The van der Waals surface area contributed by atoms with Crippen molar-refractivity contribution in [3.63, 3.8) is 0 Å². The quantitative estimate of drug-likeness (QED) is 0.697. The third kappa shape index (κ3) is 5.46. The SMILES string of the molecule is COCCNC(=O)C1(Nc2ccccc2)CCN(C(=O)CC(C)C)CC1. The summed E-state index contributed by atoms with van der Waals surface area (Å²) in [6, 6.07) is 9.75. The summed E-state index contributed by atoms with van der Waals surface area (Å²) in [5, 5.41) is 6.39. The van der Waals surface area contributed by atoms with Gasteiger partial charge in [0.2, 0.25) is 11.8 Å². The average molecular weight is 361 g/mol. The Balaban J connectivity index is 2.07. The van der Waals surface area contributed by atoms with Gasteiger partial charge in [0.25, 0.3) is 0 Å². The number of ether oxygens (including phenoxy) is 1. The third-order valence-electron chi connectivity index (χ3n) is 4.74. The lowest BCUT2D eigenvalue weighted by Crippen LogP contribution is -2.59. The zero-order valence-corrected chi connectivity index (χ0v) is 16.1. The van der Waals surface area contributed by atoms with Gasteiger partial charge in [-0.25, -0.2) is 0 Å². The largest absolute Gasteiger partial charge is 0.383 e. The fraction of sp³-hybridized carbons (Fsp3) is 0.600. The molecule has 2 amide bonds. The number of nitrogens with one attached hydrogen (secondary N) is 2. The van der Waals surface area contributed by atoms with Crippen molar-refractivity contribution in [1.29, 1.82) is 0 Å². The summed E-state index contributed by atoms with van der Waals surface area (Å²) in [5.41, 5.74) is 0.209. The van der Waals surface area contributed by atoms with Gasteiger partial charge in [0.05, 0.1) is 6.61 Å². The second-order valence-corrected chi connectivity index (χ2v) is 7.30. The number of likely N-dealkylation sites (tertiary alicyclic amines) is 1. The summed E-state index contributed by atoms with van der Waals surface area (Å²) in [7, 11) is 1.61. The van der Waals surface area contributed by atoms with E-state index in [-0.39, 0.29) is 11.8 Å². The summed E-state index contributed by atoms with van der Waals surface area (Å²) < 4.78 is 5.03. The van der Waals surface area contributed by atoms with Crippen LogP contribution in [0.1, 0.15) is 33.1 Å². The van der Waals surface area contributed by atoms with Crippen LogP contribution < -0.4 is 10.6 Å². The van der Waals surface area contributed by atoms with Crippen LogP contribution >= 0.6 is 0 Å². The first-order chi connectivity index (χ1) is 12.5. The van der Waals surface area contributed by atoms with E-state index in [0.29, 0.717) is 51.4 Å². The Kier molecular flexibility index (Phi) is 7.45. The average Bonchev–Trinajstić information content (AvgIpc) is 2.62. The molecule has 6 heteroatoms. The van der Waals surface area contributed by atoms with Crippen LogP contribution in [0.25, 0.3) is 0 Å². The third-order valence-corrected chi connectivity index (χ3v) is 4.74. The second kappa shape index (κ2) is 9.57. The lowest BCUT2D eigenvalue weighted by molar-refractivity contribution is -0.136. The van der Waals surface area contributed by atoms with Crippen molar-refractivity contribution in [3.8, 4) is 0 Å². The minimum Gasteiger partial charge on any atom is -0.383 e. The molecule has 2 rings (SSSR count). The van der Waals surface area contributed by atoms with Gasteiger partial charge in [-0.2, -0.15) is 0 Å². The lowest BCUT2D eigenvalue weighted by Gasteiger charge is -2.42. The molecule has 0 spiro atoms. The van der Waals surface area contributed by atoms with Gasteiger partial charge in [-0.05, 0) is 30.9 Å². The van der Waals surface area contributed by atoms with E-state index in [2.05, 4.69) is 10.6 Å². The van der Waals surface area contributed by atoms with Gasteiger partial charge in [-0.3, -0.25) is 9.59 Å². The Morgan fingerprint density at radius 1 is 1.19 bits per heavy atom. The maximum Gasteiger partial charge on any atom is 0.245 e. The van der Waals surface area contributed by atoms with Gasteiger partial charge in [0, 0.05) is 38.9 Å². The number of nitrogens with zero attached hydrogens (tertiary/aromatic N) is 1. The molecule has 26 heavy (non-hydrogen) atoms. The summed E-state index contributed by atoms with van der Waals surface area (Å²) in [4.78, 5) is 27.2. The number of benzene rings is 1. The predicted molar refractivity (Wildman–Crippen MR) is 103 cm³/mol. The van der Waals surface area contributed by atoms with Crippen LogP contribution in [-0.2, 0) is 14.3 Å². The molecule has 0 unspecified atom stereocenters. The van der Waals surface area contributed by atoms with Crippen LogP contribution in [0.2, 0.25) is 0 Å². The van der Waals surface area contributed by atoms with Gasteiger partial charge < -0.3 is 20.3 Å². The molecule has 6 nitrogen and oxygen atoms in total. The highest BCUT2D eigenvalue weighted by Crippen LogP contribution is 2.28. The van der Waals surface area contributed by atoms with Crippen LogP contribution in [0.4, 0.5) is 5.69 Å². The predicted octanol–water partition coefficient (Wildman–Crippen LogP) is 2.27. The smallest absolute Gasteiger partial charge is 0.245 e. The number of piperidine rings is 1. The number of anilines is 1. The number of carbonyl (C=O) groups is 2. The topological polar surface area (TPSA) is 70.7 Å². The van der Waals surface area contributed by atoms with Gasteiger partial charge in [-0.15, -0.1) is 0 Å². The summed E-state index contributed by atoms with van der Waals surface area (Å²) in [6.45, 7) is 6.22. The van der Waals surface area contributed by atoms with Crippen molar-refractivity contribution in [3.05, 3.63) is 30.3 Å². The number of hydrogen-bond acceptors (Lipinski definition) is 4. The highest BCUT2D eigenvalue weighted by atomic mass is 16.5. The van der Waals surface area contributed by atoms with E-state index >= 15 is 0 Å². The molecule has 2 N–H and O–H groups in total. The fourth-order valence-electron chi connectivity index (χ4n) is 3.26. The van der Waals surface area contributed by atoms with Crippen LogP contribution in [-0.4, -0.2) is 55.6 Å². The molecule has 0 radical (unpaired) electrons. The van der Waals surface area contributed by atoms with Crippen molar-refractivity contribution in [1.82, 2.24) is 10.2 Å². The lowest BCUT2D eigenvalue weighted by atomic mass is 9.85. The van der Waals surface area contributed by atoms with E-state index in [0.717, 1.165) is 5.69 Å². The van der Waals surface area contributed by atoms with Crippen LogP contribution in [0.5, 0.6) is 0 Å². The van der Waals surface area contributed by atoms with Crippen molar-refractivity contribution < 1.29 is 14.3 Å². The number of hydrogen-bond donors (Lipinski definition) is 2. The maximum atomic E-state index is 12.9. The second-order valence-electron chi connectivity index (χ2n) is 7.30. The molecule has 1 aliphatic heterocycles. The fourth-order valence-corrected chi connectivity index (χ4v) is 3.26. The monoisotopic (exact) mass is 361 g/mol. The Labute approximate surface area is 156 Å². The summed E-state index contributed by atoms with van der Waals surface area (Å²) in [6.07, 6.45) is 1.73. The zero-order valence-electron chi connectivity index (χ0n) is 16.1. The molecule has 0 aromatic heterocycles. The number of amides is 2. The highest BCUT2D eigenvalue weighted by molar-refractivity contribution is 5.90. The molecule has 1 heterocycles. The van der Waals surface area contributed by atoms with Crippen LogP contribution in [0.3, 0.4) is 0 Å². The molecule has 0 aliphatic carbocycles. The molecule has 1 aliphatic rings. The van der Waals surface area contributed by atoms with E-state index in [1.807, 2.05) is 49.1 Å². The van der Waals surface area contributed by atoms with Gasteiger partial charge >= 0.3 is 0 Å². The summed E-state index contributed by atoms with van der Waals surface area (Å²) in [5.74, 6) is 0.483. The molecule has 1 aromatic rings. The van der Waals surface area contributed by atoms with E-state index in [1.54, 1.807) is 7.11 Å². The summed E-state index contributed by atoms with van der Waals surface area (Å²) >= 11 is 0. The Morgan fingerprint density at radius 2 is 1.85 bits per heavy atom. The van der Waals surface area contributed by atoms with Crippen molar-refractivity contribution in [2.24, 2.45) is 5.92 Å². The molecular formula is C20H31N3O3. The number of para-hydroxylation sites is 1. The zero-order chi connectivity index (χ0) is 19.0. The van der Waals surface area contributed by atoms with E-state index in [9.17, 15) is 9.59 Å². The Morgan fingerprint density at radius 3 is 2.42 bits per heavy atom. The number of methoxy groups -OCH3 is 1. The van der Waals surface area contributed by atoms with Crippen LogP contribution in [0.15, 0.2) is 30.3 Å². The van der Waals surface area contributed by atoms with Gasteiger partial charge in [-0.1, -0.05) is 32.0 Å². The Bertz CT molecular complexity index is 581. The highest BCUT2D eigenvalue weighted by Gasteiger charge is 2.42. The van der Waals surface area contributed by atoms with Crippen LogP contribution in [0, 0.1) is 5.92 Å². The minimum atomic E-state index is -0.705. The molecule has 0 saturated carbocycles. The molecule has 0 bridgehead atoms. The number of rotatable bonds is 8. The maximum absolute atomic E-state index is 12.9. The molecule has 1 fully saturated rings. The molecular weight excluding hydrogens is 330 g/mol. The van der Waals surface area contributed by atoms with E-state index in [4.69, 9.17) is 4.74 Å². The molecule has 144 valence electrons. The van der Waals surface area contributed by atoms with Crippen molar-refractivity contribution >= 4 is 17.5 Å². The van der Waals surface area contributed by atoms with Crippen molar-refractivity contribution in [2.75, 3.05) is 38.7 Å². The first-order valence-corrected chi connectivity index (χ1v) is 9.35. The standard InChI is InChI=1S/C20H31N3O3/c1-16(2)15-18(24)23-12-9-20(10-13-23,19(25)21-11-14-26-3)22-17-7-5-4-6-8-17/h4-8,16,22H,9-15H2,1-3H3,(H,21,25). The normalized spacial score (nSPS) is 16.4. The first-order valence-electron chi connectivity index (χ1n) is 9.35. The van der Waals surface area contributed by atoms with Crippen molar-refractivity contribution in [2.45, 2.75) is 38.6 Å².